The van der Waals surface area contributed by atoms with Crippen molar-refractivity contribution in [2.75, 3.05) is 24.7 Å². The molecule has 19 nitrogen and oxygen atoms in total. The first kappa shape index (κ1) is 26.6. The number of phosphoric acid groups is 1. The van der Waals surface area contributed by atoms with E-state index in [9.17, 15) is 14.0 Å². The lowest BCUT2D eigenvalue weighted by Crippen LogP contribution is -2.31. The zero-order valence-electron chi connectivity index (χ0n) is 20.9. The van der Waals surface area contributed by atoms with Crippen LogP contribution in [-0.2, 0) is 36.7 Å². The zero-order chi connectivity index (χ0) is 28.3. The summed E-state index contributed by atoms with van der Waals surface area (Å²) in [6.45, 7) is -0.684. The topological polar surface area (TPSA) is 249 Å². The molecule has 0 bridgehead atoms. The Balaban J connectivity index is 1.10. The highest BCUT2D eigenvalue weighted by molar-refractivity contribution is 7.47. The van der Waals surface area contributed by atoms with Crippen molar-refractivity contribution in [3.8, 4) is 0 Å². The number of hydrogen-bond acceptors (Lipinski definition) is 16. The molecule has 7 heterocycles. The SMILES string of the molecule is Nc1ncnc2c1ncn2[C@H]1C[C@@H]2O[P+](=O)OC[C@H]3O[C@@H](n4cnc5c(N)ncnc54)C[C@@H]3OP(=O)(O)OC[C@H]2O1. The second-order valence-electron chi connectivity index (χ2n) is 9.47. The molecule has 0 radical (unpaired) electrons. The van der Waals surface area contributed by atoms with Crippen LogP contribution >= 0.6 is 16.1 Å². The molecule has 3 fully saturated rings. The van der Waals surface area contributed by atoms with E-state index in [-0.39, 0.29) is 31.1 Å². The molecule has 8 atom stereocenters. The Morgan fingerprint density at radius 1 is 0.829 bits per heavy atom. The van der Waals surface area contributed by atoms with Crippen LogP contribution in [0.4, 0.5) is 11.6 Å². The number of nitrogens with two attached hydrogens (primary N) is 2. The van der Waals surface area contributed by atoms with E-state index < -0.39 is 59.6 Å². The number of nitrogens with zero attached hydrogens (tertiary/aromatic N) is 8. The second-order valence-corrected chi connectivity index (χ2v) is 11.8. The van der Waals surface area contributed by atoms with Crippen LogP contribution in [0.25, 0.3) is 22.3 Å². The minimum atomic E-state index is -4.63. The quantitative estimate of drug-likeness (QED) is 0.268. The molecular weight excluding hydrogens is 586 g/mol. The van der Waals surface area contributed by atoms with Gasteiger partial charge in [-0.3, -0.25) is 18.2 Å². The molecule has 4 aromatic heterocycles. The van der Waals surface area contributed by atoms with Crippen molar-refractivity contribution in [1.82, 2.24) is 39.0 Å². The number of aromatic nitrogens is 8. The molecule has 7 rings (SSSR count). The van der Waals surface area contributed by atoms with E-state index in [1.54, 1.807) is 9.13 Å². The molecule has 21 heteroatoms. The first-order valence-electron chi connectivity index (χ1n) is 12.4. The van der Waals surface area contributed by atoms with Crippen LogP contribution in [0.15, 0.2) is 25.3 Å². The lowest BCUT2D eigenvalue weighted by Gasteiger charge is -2.22. The van der Waals surface area contributed by atoms with E-state index in [1.807, 2.05) is 0 Å². The third-order valence-corrected chi connectivity index (χ3v) is 8.81. The van der Waals surface area contributed by atoms with Crippen LogP contribution in [0.5, 0.6) is 0 Å². The minimum absolute atomic E-state index is 0.0955. The summed E-state index contributed by atoms with van der Waals surface area (Å²) in [5, 5.41) is 0. The first-order chi connectivity index (χ1) is 19.8. The van der Waals surface area contributed by atoms with Gasteiger partial charge in [0.25, 0.3) is 0 Å². The molecule has 3 aliphatic rings. The van der Waals surface area contributed by atoms with Gasteiger partial charge in [-0.05, 0) is 0 Å². The normalized spacial score (nSPS) is 33.8. The average Bonchev–Trinajstić information content (AvgIpc) is 3.71. The van der Waals surface area contributed by atoms with Gasteiger partial charge in [0.1, 0.15) is 67.2 Å². The van der Waals surface area contributed by atoms with E-state index in [0.29, 0.717) is 22.3 Å². The summed E-state index contributed by atoms with van der Waals surface area (Å²) in [4.78, 5) is 35.3. The van der Waals surface area contributed by atoms with E-state index in [4.69, 9.17) is 39.0 Å². The summed E-state index contributed by atoms with van der Waals surface area (Å²) in [5.74, 6) is 0.384. The van der Waals surface area contributed by atoms with Crippen LogP contribution in [0.2, 0.25) is 0 Å². The maximum atomic E-state index is 13.0. The average molecular weight is 609 g/mol. The third kappa shape index (κ3) is 4.94. The number of hydrogen-bond donors (Lipinski definition) is 3. The van der Waals surface area contributed by atoms with Crippen LogP contribution in [0, 0.1) is 0 Å². The monoisotopic (exact) mass is 609 g/mol. The highest BCUT2D eigenvalue weighted by Crippen LogP contribution is 2.50. The second kappa shape index (κ2) is 10.2. The number of ether oxygens (including phenoxy) is 2. The van der Waals surface area contributed by atoms with Crippen LogP contribution < -0.4 is 11.5 Å². The molecule has 0 aromatic carbocycles. The Bertz CT molecular complexity index is 1690. The zero-order valence-corrected chi connectivity index (χ0v) is 22.7. The highest BCUT2D eigenvalue weighted by atomic mass is 31.2. The van der Waals surface area contributed by atoms with Gasteiger partial charge in [-0.2, -0.15) is 0 Å². The number of nitrogen functional groups attached to an aromatic ring is 2. The smallest absolute Gasteiger partial charge is 0.382 e. The van der Waals surface area contributed by atoms with Crippen LogP contribution in [-0.4, -0.2) is 81.6 Å². The Kier molecular flexibility index (Phi) is 6.65. The number of fused-ring (bicyclic) bond motifs is 4. The fraction of sp³-hybridized carbons (Fsp3) is 0.500. The predicted octanol–water partition coefficient (Wildman–Crippen LogP) is 0.981. The molecular formula is C20H23N10O9P2+. The molecule has 0 spiro atoms. The van der Waals surface area contributed by atoms with E-state index >= 15 is 0 Å². The van der Waals surface area contributed by atoms with E-state index in [0.717, 1.165) is 0 Å². The lowest BCUT2D eigenvalue weighted by atomic mass is 10.2. The summed E-state index contributed by atoms with van der Waals surface area (Å²) in [6, 6.07) is 0. The van der Waals surface area contributed by atoms with Gasteiger partial charge in [0.2, 0.25) is 0 Å². The molecule has 3 aliphatic heterocycles. The molecule has 0 saturated carbocycles. The van der Waals surface area contributed by atoms with Crippen molar-refractivity contribution in [3.05, 3.63) is 25.3 Å². The van der Waals surface area contributed by atoms with Crippen molar-refractivity contribution >= 4 is 50.0 Å². The van der Waals surface area contributed by atoms with Gasteiger partial charge >= 0.3 is 16.1 Å². The standard InChI is InChI=1S/C20H22N10O9P2/c21-17-15-19(25-5-23-17)29(7-27-15)13-1-9-12(37-13)4-35-41(32,33)39-10-2-14(36-11(10)3-34-40(31)38-9)30-8-28-16-18(22)24-6-26-20(16)30/h5-14H,1-4H2,(H4-,21,22,23,24,25,26,32,33)/p+1/t9-,10-,11+,12+,13+,14+/m0/s1. The predicted molar refractivity (Wildman–Crippen MR) is 136 cm³/mol. The lowest BCUT2D eigenvalue weighted by molar-refractivity contribution is -0.0595. The maximum Gasteiger partial charge on any atom is 0.697 e. The molecule has 5 N–H and O–H groups in total. The first-order valence-corrected chi connectivity index (χ1v) is 14.9. The number of anilines is 2. The van der Waals surface area contributed by atoms with Gasteiger partial charge in [0.15, 0.2) is 22.9 Å². The fourth-order valence-electron chi connectivity index (χ4n) is 5.07. The molecule has 41 heavy (non-hydrogen) atoms. The third-order valence-electron chi connectivity index (χ3n) is 6.99. The summed E-state index contributed by atoms with van der Waals surface area (Å²) in [7, 11) is -7.28. The maximum absolute atomic E-state index is 13.0. The summed E-state index contributed by atoms with van der Waals surface area (Å²) >= 11 is 0. The van der Waals surface area contributed by atoms with Crippen LogP contribution in [0.1, 0.15) is 25.3 Å². The largest absolute Gasteiger partial charge is 0.697 e. The Morgan fingerprint density at radius 2 is 1.39 bits per heavy atom. The van der Waals surface area contributed by atoms with Crippen molar-refractivity contribution < 1.29 is 41.6 Å². The van der Waals surface area contributed by atoms with Crippen LogP contribution in [0.3, 0.4) is 0 Å². The number of rotatable bonds is 2. The number of phosphoric ester groups is 1. The van der Waals surface area contributed by atoms with Crippen molar-refractivity contribution in [3.63, 3.8) is 0 Å². The minimum Gasteiger partial charge on any atom is -0.382 e. The molecule has 0 aliphatic carbocycles. The van der Waals surface area contributed by atoms with Crippen molar-refractivity contribution in [2.45, 2.75) is 49.7 Å². The van der Waals surface area contributed by atoms with Crippen molar-refractivity contribution in [2.24, 2.45) is 0 Å². The molecule has 4 aromatic rings. The molecule has 216 valence electrons. The number of imidazole rings is 2. The van der Waals surface area contributed by atoms with E-state index in [2.05, 4.69) is 29.9 Å². The van der Waals surface area contributed by atoms with E-state index in [1.165, 1.54) is 25.3 Å². The Hall–Kier alpha value is -3.25. The fourth-order valence-corrected chi connectivity index (χ4v) is 6.80. The van der Waals surface area contributed by atoms with Gasteiger partial charge in [-0.15, -0.1) is 9.05 Å². The Morgan fingerprint density at radius 3 is 2.00 bits per heavy atom. The highest BCUT2D eigenvalue weighted by Gasteiger charge is 2.49. The summed E-state index contributed by atoms with van der Waals surface area (Å²) < 4.78 is 63.1. The van der Waals surface area contributed by atoms with Crippen molar-refractivity contribution in [1.29, 1.82) is 0 Å². The van der Waals surface area contributed by atoms with Gasteiger partial charge in [-0.1, -0.05) is 0 Å². The van der Waals surface area contributed by atoms with Gasteiger partial charge in [0, 0.05) is 17.4 Å². The Labute approximate surface area is 230 Å². The summed E-state index contributed by atoms with van der Waals surface area (Å²) in [6.07, 6.45) is 0.746. The van der Waals surface area contributed by atoms with Gasteiger partial charge in [-0.25, -0.2) is 34.5 Å². The molecule has 0 amide bonds. The molecule has 2 unspecified atom stereocenters. The van der Waals surface area contributed by atoms with Gasteiger partial charge in [0.05, 0.1) is 19.3 Å². The summed E-state index contributed by atoms with van der Waals surface area (Å²) in [5.41, 5.74) is 13.3. The molecule has 3 saturated heterocycles. The van der Waals surface area contributed by atoms with Gasteiger partial charge < -0.3 is 25.8 Å².